The van der Waals surface area contributed by atoms with Gasteiger partial charge in [0.05, 0.1) is 0 Å². The van der Waals surface area contributed by atoms with Crippen LogP contribution < -0.4 is 0 Å². The Labute approximate surface area is 182 Å². The van der Waals surface area contributed by atoms with Crippen LogP contribution in [0.4, 0.5) is 70.2 Å². The molecule has 0 amide bonds. The number of halogens is 16. The highest BCUT2D eigenvalue weighted by molar-refractivity contribution is 5.16. The Morgan fingerprint density at radius 2 is 0.588 bits per heavy atom. The van der Waals surface area contributed by atoms with Crippen LogP contribution in [-0.4, -0.2) is 47.4 Å². The van der Waals surface area contributed by atoms with Crippen molar-refractivity contribution in [2.45, 2.75) is 86.9 Å². The number of rotatable bonds is 13. The van der Waals surface area contributed by atoms with Gasteiger partial charge in [0.15, 0.2) is 0 Å². The lowest BCUT2D eigenvalue weighted by Crippen LogP contribution is -2.74. The Balaban J connectivity index is 6.57. The summed E-state index contributed by atoms with van der Waals surface area (Å²) in [5.74, 6) is -60.4. The van der Waals surface area contributed by atoms with E-state index in [2.05, 4.69) is 0 Å². The zero-order valence-electron chi connectivity index (χ0n) is 17.2. The molecule has 0 unspecified atom stereocenters. The molecule has 0 aromatic carbocycles. The van der Waals surface area contributed by atoms with Crippen molar-refractivity contribution in [3.8, 4) is 0 Å². The van der Waals surface area contributed by atoms with E-state index >= 15 is 0 Å². The zero-order valence-corrected chi connectivity index (χ0v) is 17.2. The Bertz CT molecular complexity index is 670. The van der Waals surface area contributed by atoms with Gasteiger partial charge < -0.3 is 0 Å². The van der Waals surface area contributed by atoms with Crippen LogP contribution in [0.15, 0.2) is 24.3 Å². The molecule has 34 heavy (non-hydrogen) atoms. The molecule has 0 aliphatic heterocycles. The van der Waals surface area contributed by atoms with E-state index in [4.69, 9.17) is 0 Å². The largest absolute Gasteiger partial charge is 0.384 e. The number of alkyl halides is 16. The highest BCUT2D eigenvalue weighted by Crippen LogP contribution is 2.64. The minimum atomic E-state index is -8.36. The molecule has 0 bridgehead atoms. The lowest BCUT2D eigenvalue weighted by atomic mass is 9.86. The van der Waals surface area contributed by atoms with Gasteiger partial charge in [-0.05, 0) is 26.7 Å². The van der Waals surface area contributed by atoms with Gasteiger partial charge in [-0.3, -0.25) is 0 Å². The van der Waals surface area contributed by atoms with Crippen LogP contribution in [0.25, 0.3) is 0 Å². The van der Waals surface area contributed by atoms with Crippen LogP contribution in [0, 0.1) is 0 Å². The van der Waals surface area contributed by atoms with E-state index in [0.29, 0.717) is 12.2 Å². The smallest absolute Gasteiger partial charge is 0.200 e. The van der Waals surface area contributed by atoms with Crippen molar-refractivity contribution < 1.29 is 70.2 Å². The lowest BCUT2D eigenvalue weighted by molar-refractivity contribution is -0.453. The molecule has 0 atom stereocenters. The molecule has 0 rings (SSSR count). The second-order valence-corrected chi connectivity index (χ2v) is 7.07. The maximum absolute atomic E-state index is 13.7. The molecule has 0 aliphatic carbocycles. The normalized spacial score (nSPS) is 16.2. The predicted octanol–water partition coefficient (Wildman–Crippen LogP) is 8.78. The second kappa shape index (κ2) is 9.78. The van der Waals surface area contributed by atoms with Gasteiger partial charge in [-0.1, -0.05) is 24.3 Å². The molecule has 0 radical (unpaired) electrons. The van der Waals surface area contributed by atoms with E-state index in [9.17, 15) is 70.2 Å². The topological polar surface area (TPSA) is 0 Å². The summed E-state index contributed by atoms with van der Waals surface area (Å²) in [6.45, 7) is 2.24. The van der Waals surface area contributed by atoms with Crippen molar-refractivity contribution in [3.63, 3.8) is 0 Å². The van der Waals surface area contributed by atoms with Crippen molar-refractivity contribution >= 4 is 0 Å². The molecule has 202 valence electrons. The Kier molecular flexibility index (Phi) is 9.31. The first-order valence-electron chi connectivity index (χ1n) is 9.12. The van der Waals surface area contributed by atoms with Crippen LogP contribution >= 0.6 is 0 Å². The molecule has 0 spiro atoms. The molecule has 0 saturated heterocycles. The summed E-state index contributed by atoms with van der Waals surface area (Å²) in [4.78, 5) is 0. The van der Waals surface area contributed by atoms with Crippen molar-refractivity contribution in [1.29, 1.82) is 0 Å². The first kappa shape index (κ1) is 32.4. The number of allylic oxidation sites excluding steroid dienone is 4. The molecule has 0 aromatic heterocycles. The molecule has 16 heteroatoms. The standard InChI is InChI=1S/C18H18F16/c1-3-5-7-9-11(19,20)13(23,24)15(27,28)17(31,32)18(33,34)16(29,30)14(25,26)12(21,22)10-8-6-4-2/h3-6H,7-10H2,1-2H3/b5-3+,6-4+. The molecule has 0 aliphatic rings. The van der Waals surface area contributed by atoms with Crippen LogP contribution in [0.3, 0.4) is 0 Å². The maximum atomic E-state index is 13.7. The predicted molar refractivity (Wildman–Crippen MR) is 87.7 cm³/mol. The SMILES string of the molecule is C/C=C/CCC(F)(F)C(F)(F)C(F)(F)C(F)(F)C(F)(F)C(F)(F)C(F)(F)C(F)(F)CC/C=C/C. The first-order valence-corrected chi connectivity index (χ1v) is 9.12. The summed E-state index contributed by atoms with van der Waals surface area (Å²) in [5, 5.41) is 0. The first-order chi connectivity index (χ1) is 14.9. The summed E-state index contributed by atoms with van der Waals surface area (Å²) >= 11 is 0. The third kappa shape index (κ3) is 4.86. The molecule has 0 aromatic rings. The summed E-state index contributed by atoms with van der Waals surface area (Å²) in [5.41, 5.74) is 0. The third-order valence-corrected chi connectivity index (χ3v) is 4.61. The minimum Gasteiger partial charge on any atom is -0.200 e. The van der Waals surface area contributed by atoms with Gasteiger partial charge >= 0.3 is 47.4 Å². The van der Waals surface area contributed by atoms with Crippen molar-refractivity contribution in [1.82, 2.24) is 0 Å². The molecule has 0 saturated carbocycles. The molecule has 0 nitrogen and oxygen atoms in total. The van der Waals surface area contributed by atoms with Crippen LogP contribution in [-0.2, 0) is 0 Å². The van der Waals surface area contributed by atoms with Gasteiger partial charge in [-0.15, -0.1) is 0 Å². The minimum absolute atomic E-state index is 0.638. The maximum Gasteiger partial charge on any atom is 0.384 e. The van der Waals surface area contributed by atoms with E-state index in [1.165, 1.54) is 0 Å². The van der Waals surface area contributed by atoms with Crippen LogP contribution in [0.2, 0.25) is 0 Å². The highest BCUT2D eigenvalue weighted by Gasteiger charge is 2.94. The average molecular weight is 538 g/mol. The van der Waals surface area contributed by atoms with Crippen molar-refractivity contribution in [3.05, 3.63) is 24.3 Å². The Morgan fingerprint density at radius 1 is 0.382 bits per heavy atom. The van der Waals surface area contributed by atoms with E-state index in [0.717, 1.165) is 26.0 Å². The molecule has 0 fully saturated rings. The molecular formula is C18H18F16. The van der Waals surface area contributed by atoms with Crippen LogP contribution in [0.1, 0.15) is 39.5 Å². The summed E-state index contributed by atoms with van der Waals surface area (Å²) in [7, 11) is 0. The van der Waals surface area contributed by atoms with E-state index < -0.39 is 73.1 Å². The fourth-order valence-corrected chi connectivity index (χ4v) is 2.42. The highest BCUT2D eigenvalue weighted by atomic mass is 19.4. The van der Waals surface area contributed by atoms with Gasteiger partial charge in [0.25, 0.3) is 0 Å². The Morgan fingerprint density at radius 3 is 0.794 bits per heavy atom. The van der Waals surface area contributed by atoms with Gasteiger partial charge in [0.2, 0.25) is 0 Å². The Hall–Kier alpha value is -1.64. The summed E-state index contributed by atoms with van der Waals surface area (Å²) < 4.78 is 218. The molecule has 0 N–H and O–H groups in total. The quantitative estimate of drug-likeness (QED) is 0.163. The molecular weight excluding hydrogens is 520 g/mol. The van der Waals surface area contributed by atoms with Crippen LogP contribution in [0.5, 0.6) is 0 Å². The van der Waals surface area contributed by atoms with Gasteiger partial charge in [-0.2, -0.15) is 70.2 Å². The average Bonchev–Trinajstić information content (AvgIpc) is 2.67. The fourth-order valence-electron chi connectivity index (χ4n) is 2.42. The van der Waals surface area contributed by atoms with E-state index in [1.807, 2.05) is 0 Å². The van der Waals surface area contributed by atoms with Gasteiger partial charge in [-0.25, -0.2) is 0 Å². The van der Waals surface area contributed by atoms with Gasteiger partial charge in [0.1, 0.15) is 0 Å². The second-order valence-electron chi connectivity index (χ2n) is 7.07. The van der Waals surface area contributed by atoms with Crippen molar-refractivity contribution in [2.24, 2.45) is 0 Å². The zero-order chi connectivity index (χ0) is 27.7. The van der Waals surface area contributed by atoms with E-state index in [-0.39, 0.29) is 0 Å². The number of hydrogen-bond acceptors (Lipinski definition) is 0. The molecule has 0 heterocycles. The fraction of sp³-hybridized carbons (Fsp3) is 0.778. The van der Waals surface area contributed by atoms with Gasteiger partial charge in [0, 0.05) is 12.8 Å². The summed E-state index contributed by atoms with van der Waals surface area (Å²) in [6.07, 6.45) is -4.07. The summed E-state index contributed by atoms with van der Waals surface area (Å²) in [6, 6.07) is 0. The van der Waals surface area contributed by atoms with E-state index in [1.54, 1.807) is 0 Å². The van der Waals surface area contributed by atoms with Crippen molar-refractivity contribution in [2.75, 3.05) is 0 Å². The number of hydrogen-bond donors (Lipinski definition) is 0. The monoisotopic (exact) mass is 538 g/mol. The lowest BCUT2D eigenvalue weighted by Gasteiger charge is -2.43. The third-order valence-electron chi connectivity index (χ3n) is 4.61.